The Bertz CT molecular complexity index is 182. The Labute approximate surface area is 271 Å². The van der Waals surface area contributed by atoms with Crippen molar-refractivity contribution in [3.05, 3.63) is 0 Å². The van der Waals surface area contributed by atoms with Crippen molar-refractivity contribution in [2.45, 2.75) is 0 Å². The molecule has 0 rings (SSSR count). The van der Waals surface area contributed by atoms with E-state index in [1.807, 2.05) is 0 Å². The first-order valence-electron chi connectivity index (χ1n) is 2.13. The number of carboxylic acid groups (broad SMARTS) is 4. The van der Waals surface area contributed by atoms with E-state index in [1.165, 1.54) is 0 Å². The number of rotatable bonds is 0. The summed E-state index contributed by atoms with van der Waals surface area (Å²) in [6.07, 6.45) is 0. The van der Waals surface area contributed by atoms with Gasteiger partial charge < -0.3 is 50.6 Å². The molecule has 0 aliphatic heterocycles. The zero-order chi connectivity index (χ0) is 10.3. The van der Waals surface area contributed by atoms with Gasteiger partial charge in [-0.25, -0.2) is 0 Å². The molecule has 10 nitrogen and oxygen atoms in total. The summed E-state index contributed by atoms with van der Waals surface area (Å²) in [6.45, 7) is 0. The van der Waals surface area contributed by atoms with Crippen LogP contribution >= 0.6 is 0 Å². The van der Waals surface area contributed by atoms with Crippen LogP contribution < -0.4 is 226 Å². The molecule has 0 aromatic heterocycles. The normalized spacial score (nSPS) is 4.89. The Hall–Kier alpha value is 4.35. The third-order valence-corrected chi connectivity index (χ3v) is 0.333. The molecule has 0 saturated heterocycles. The molecule has 84 valence electrons. The standard InChI is InChI=1S/2C2H2O4.4K.2H2O/c2*3-1(4)2(5)6;;;;;;/h2*(H,3,4)(H,5,6);;;;;2*1H2/q;;4*+1;;/p-4. The van der Waals surface area contributed by atoms with Crippen LogP contribution in [-0.4, -0.2) is 34.8 Å². The van der Waals surface area contributed by atoms with Gasteiger partial charge in [0.25, 0.3) is 0 Å². The number of hydrogen-bond acceptors (Lipinski definition) is 8. The van der Waals surface area contributed by atoms with Crippen molar-refractivity contribution in [2.24, 2.45) is 0 Å². The van der Waals surface area contributed by atoms with Crippen LogP contribution in [-0.2, 0) is 19.2 Å². The summed E-state index contributed by atoms with van der Waals surface area (Å²) in [5, 5.41) is 35.7. The summed E-state index contributed by atoms with van der Waals surface area (Å²) in [6, 6.07) is 0. The molecule has 14 heteroatoms. The monoisotopic (exact) mass is 368 g/mol. The largest absolute Gasteiger partial charge is 1.00 e. The fraction of sp³-hybridized carbons (Fsp3) is 0. The van der Waals surface area contributed by atoms with Crippen LogP contribution in [0.3, 0.4) is 0 Å². The second kappa shape index (κ2) is 33.1. The van der Waals surface area contributed by atoms with E-state index in [-0.39, 0.29) is 216 Å². The second-order valence-corrected chi connectivity index (χ2v) is 1.15. The molecule has 0 aromatic rings. The third kappa shape index (κ3) is 50.0. The number of aliphatic carboxylic acids is 4. The molecule has 0 saturated carbocycles. The van der Waals surface area contributed by atoms with E-state index in [0.29, 0.717) is 0 Å². The van der Waals surface area contributed by atoms with Crippen molar-refractivity contribution in [1.82, 2.24) is 0 Å². The van der Waals surface area contributed by atoms with Gasteiger partial charge in [-0.15, -0.1) is 0 Å². The van der Waals surface area contributed by atoms with Gasteiger partial charge in [0.2, 0.25) is 0 Å². The Morgan fingerprint density at radius 3 is 0.500 bits per heavy atom. The Morgan fingerprint density at radius 1 is 0.444 bits per heavy atom. The summed E-state index contributed by atoms with van der Waals surface area (Å²) in [4.78, 5) is 35.7. The molecule has 0 heterocycles. The van der Waals surface area contributed by atoms with Crippen molar-refractivity contribution in [3.8, 4) is 0 Å². The molecule has 0 fully saturated rings. The van der Waals surface area contributed by atoms with E-state index in [4.69, 9.17) is 39.6 Å². The van der Waals surface area contributed by atoms with E-state index in [9.17, 15) is 0 Å². The van der Waals surface area contributed by atoms with Gasteiger partial charge in [-0.3, -0.25) is 0 Å². The topological polar surface area (TPSA) is 224 Å². The predicted octanol–water partition coefficient (Wildman–Crippen LogP) is -20.7. The maximum absolute atomic E-state index is 8.93. The summed E-state index contributed by atoms with van der Waals surface area (Å²) in [7, 11) is 0. The molecule has 0 radical (unpaired) electrons. The minimum atomic E-state index is -2.19. The van der Waals surface area contributed by atoms with Crippen LogP contribution in [0, 0.1) is 0 Å². The van der Waals surface area contributed by atoms with Crippen LogP contribution in [0.5, 0.6) is 0 Å². The number of carbonyl (C=O) groups is 4. The molecule has 0 unspecified atom stereocenters. The molecule has 0 bridgehead atoms. The smallest absolute Gasteiger partial charge is 0.543 e. The quantitative estimate of drug-likeness (QED) is 0.294. The molecule has 0 aliphatic rings. The van der Waals surface area contributed by atoms with Gasteiger partial charge in [-0.2, -0.15) is 0 Å². The van der Waals surface area contributed by atoms with Gasteiger partial charge in [0, 0.05) is 0 Å². The van der Waals surface area contributed by atoms with Crippen molar-refractivity contribution in [2.75, 3.05) is 0 Å². The number of carboxylic acids is 4. The van der Waals surface area contributed by atoms with Crippen LogP contribution in [0.15, 0.2) is 0 Å². The fourth-order valence-electron chi connectivity index (χ4n) is 0. The van der Waals surface area contributed by atoms with E-state index in [1.54, 1.807) is 0 Å². The Morgan fingerprint density at radius 2 is 0.500 bits per heavy atom. The molecular weight excluding hydrogens is 364 g/mol. The van der Waals surface area contributed by atoms with Gasteiger partial charge in [0.05, 0.1) is 23.9 Å². The van der Waals surface area contributed by atoms with Crippen LogP contribution in [0.1, 0.15) is 0 Å². The van der Waals surface area contributed by atoms with Crippen molar-refractivity contribution in [3.63, 3.8) is 0 Å². The summed E-state index contributed by atoms with van der Waals surface area (Å²) < 4.78 is 0. The van der Waals surface area contributed by atoms with Gasteiger partial charge in [0.1, 0.15) is 0 Å². The Balaban J connectivity index is -0.0000000139. The van der Waals surface area contributed by atoms with Crippen molar-refractivity contribution >= 4 is 23.9 Å². The van der Waals surface area contributed by atoms with Crippen molar-refractivity contribution in [1.29, 1.82) is 0 Å². The van der Waals surface area contributed by atoms with Crippen LogP contribution in [0.25, 0.3) is 0 Å². The average Bonchev–Trinajstić information content (AvgIpc) is 1.88. The molecule has 0 aliphatic carbocycles. The summed E-state index contributed by atoms with van der Waals surface area (Å²) in [5.41, 5.74) is 0. The molecule has 18 heavy (non-hydrogen) atoms. The van der Waals surface area contributed by atoms with Crippen molar-refractivity contribution < 1.29 is 256 Å². The first kappa shape index (κ1) is 49.5. The zero-order valence-electron chi connectivity index (χ0n) is 10.3. The summed E-state index contributed by atoms with van der Waals surface area (Å²) in [5.74, 6) is -8.74. The van der Waals surface area contributed by atoms with E-state index in [0.717, 1.165) is 0 Å². The van der Waals surface area contributed by atoms with Gasteiger partial charge >= 0.3 is 206 Å². The minimum Gasteiger partial charge on any atom is -0.543 e. The predicted molar refractivity (Wildman–Crippen MR) is 27.3 cm³/mol. The molecule has 0 aromatic carbocycles. The summed E-state index contributed by atoms with van der Waals surface area (Å²) >= 11 is 0. The number of hydrogen-bond donors (Lipinski definition) is 0. The molecule has 4 N–H and O–H groups in total. The maximum Gasteiger partial charge on any atom is 1.00 e. The van der Waals surface area contributed by atoms with Crippen LogP contribution in [0.2, 0.25) is 0 Å². The van der Waals surface area contributed by atoms with Gasteiger partial charge in [-0.05, 0) is 0 Å². The second-order valence-electron chi connectivity index (χ2n) is 1.15. The van der Waals surface area contributed by atoms with Gasteiger partial charge in [0.15, 0.2) is 0 Å². The Kier molecular flexibility index (Phi) is 90.9. The molecule has 0 atom stereocenters. The van der Waals surface area contributed by atoms with E-state index >= 15 is 0 Å². The first-order chi connectivity index (χ1) is 5.29. The zero-order valence-corrected chi connectivity index (χ0v) is 22.8. The maximum atomic E-state index is 8.93. The van der Waals surface area contributed by atoms with Gasteiger partial charge in [-0.1, -0.05) is 0 Å². The average molecular weight is 368 g/mol. The molecule has 0 spiro atoms. The van der Waals surface area contributed by atoms with Crippen LogP contribution in [0.4, 0.5) is 0 Å². The minimum absolute atomic E-state index is 0. The first-order valence-corrected chi connectivity index (χ1v) is 2.13. The fourth-order valence-corrected chi connectivity index (χ4v) is 0. The SMILES string of the molecule is O.O.O=C([O-])C(=O)[O-].O=C([O-])C(=O)[O-].[K+].[K+].[K+].[K+]. The third-order valence-electron chi connectivity index (χ3n) is 0.333. The number of carbonyl (C=O) groups excluding carboxylic acids is 4. The molecule has 0 amide bonds. The van der Waals surface area contributed by atoms with E-state index < -0.39 is 23.9 Å². The molecular formula is C4H4K4O10. The van der Waals surface area contributed by atoms with E-state index in [2.05, 4.69) is 0 Å².